The molecule has 1 aromatic heterocycles. The van der Waals surface area contributed by atoms with E-state index in [1.807, 2.05) is 24.4 Å². The van der Waals surface area contributed by atoms with E-state index in [4.69, 9.17) is 4.74 Å². The zero-order valence-corrected chi connectivity index (χ0v) is 12.3. The van der Waals surface area contributed by atoms with Crippen LogP contribution in [0.5, 0.6) is 5.75 Å². The molecule has 2 heterocycles. The van der Waals surface area contributed by atoms with Crippen molar-refractivity contribution in [3.05, 3.63) is 53.7 Å². The van der Waals surface area contributed by atoms with Gasteiger partial charge in [0.2, 0.25) is 0 Å². The van der Waals surface area contributed by atoms with Gasteiger partial charge in [0.25, 0.3) is 0 Å². The van der Waals surface area contributed by atoms with Gasteiger partial charge in [-0.2, -0.15) is 0 Å². The molecule has 0 aliphatic carbocycles. The van der Waals surface area contributed by atoms with Crippen molar-refractivity contribution in [3.8, 4) is 5.75 Å². The molecule has 0 N–H and O–H groups in total. The van der Waals surface area contributed by atoms with Crippen molar-refractivity contribution >= 4 is 5.82 Å². The van der Waals surface area contributed by atoms with E-state index >= 15 is 0 Å². The molecular weight excluding hydrogens is 248 g/mol. The van der Waals surface area contributed by atoms with Gasteiger partial charge in [0.1, 0.15) is 11.6 Å². The SMILES string of the molecule is COc1ccc(C[C@]2(C)CN(C)c3ncccc32)cc1. The van der Waals surface area contributed by atoms with Gasteiger partial charge in [0, 0.05) is 30.8 Å². The molecule has 0 amide bonds. The Morgan fingerprint density at radius 2 is 2.00 bits per heavy atom. The molecule has 1 atom stereocenters. The molecule has 0 fully saturated rings. The molecule has 0 bridgehead atoms. The standard InChI is InChI=1S/C17H20N2O/c1-17(11-13-6-8-14(20-3)9-7-13)12-19(2)16-15(17)5-4-10-18-16/h4-10H,11-12H2,1-3H3/t17-/m1/s1. The minimum absolute atomic E-state index is 0.118. The van der Waals surface area contributed by atoms with Crippen LogP contribution in [0.15, 0.2) is 42.6 Å². The van der Waals surface area contributed by atoms with Gasteiger partial charge in [-0.25, -0.2) is 4.98 Å². The Kier molecular flexibility index (Phi) is 3.13. The van der Waals surface area contributed by atoms with E-state index in [0.29, 0.717) is 0 Å². The van der Waals surface area contributed by atoms with E-state index in [0.717, 1.165) is 24.5 Å². The highest BCUT2D eigenvalue weighted by Crippen LogP contribution is 2.40. The number of ether oxygens (including phenoxy) is 1. The zero-order chi connectivity index (χ0) is 14.2. The highest BCUT2D eigenvalue weighted by Gasteiger charge is 2.38. The number of hydrogen-bond acceptors (Lipinski definition) is 3. The Labute approximate surface area is 120 Å². The molecule has 3 heteroatoms. The minimum Gasteiger partial charge on any atom is -0.497 e. The topological polar surface area (TPSA) is 25.4 Å². The fourth-order valence-corrected chi connectivity index (χ4v) is 3.20. The Hall–Kier alpha value is -2.03. The van der Waals surface area contributed by atoms with Gasteiger partial charge < -0.3 is 9.64 Å². The number of likely N-dealkylation sites (N-methyl/N-ethyl adjacent to an activating group) is 1. The molecule has 3 rings (SSSR count). The van der Waals surface area contributed by atoms with E-state index in [1.165, 1.54) is 11.1 Å². The lowest BCUT2D eigenvalue weighted by molar-refractivity contribution is 0.414. The summed E-state index contributed by atoms with van der Waals surface area (Å²) >= 11 is 0. The predicted molar refractivity (Wildman–Crippen MR) is 81.6 cm³/mol. The number of fused-ring (bicyclic) bond motifs is 1. The first-order valence-corrected chi connectivity index (χ1v) is 6.92. The molecule has 3 nitrogen and oxygen atoms in total. The lowest BCUT2D eigenvalue weighted by atomic mass is 9.79. The molecule has 0 radical (unpaired) electrons. The second-order valence-corrected chi connectivity index (χ2v) is 5.82. The maximum atomic E-state index is 5.22. The number of aromatic nitrogens is 1. The Morgan fingerprint density at radius 1 is 1.25 bits per heavy atom. The van der Waals surface area contributed by atoms with Crippen molar-refractivity contribution in [1.82, 2.24) is 4.98 Å². The van der Waals surface area contributed by atoms with Crippen molar-refractivity contribution in [1.29, 1.82) is 0 Å². The number of methoxy groups -OCH3 is 1. The smallest absolute Gasteiger partial charge is 0.132 e. The molecule has 0 saturated heterocycles. The van der Waals surface area contributed by atoms with E-state index in [-0.39, 0.29) is 5.41 Å². The molecule has 2 aromatic rings. The zero-order valence-electron chi connectivity index (χ0n) is 12.3. The molecular formula is C17H20N2O. The number of anilines is 1. The van der Waals surface area contributed by atoms with Gasteiger partial charge in [-0.1, -0.05) is 25.1 Å². The number of nitrogens with zero attached hydrogens (tertiary/aromatic N) is 2. The number of benzene rings is 1. The van der Waals surface area contributed by atoms with Crippen LogP contribution in [0, 0.1) is 0 Å². The van der Waals surface area contributed by atoms with E-state index in [1.54, 1.807) is 7.11 Å². The average molecular weight is 268 g/mol. The third kappa shape index (κ3) is 2.13. The first kappa shape index (κ1) is 13.0. The van der Waals surface area contributed by atoms with Gasteiger partial charge in [-0.15, -0.1) is 0 Å². The highest BCUT2D eigenvalue weighted by molar-refractivity contribution is 5.57. The van der Waals surface area contributed by atoms with Crippen molar-refractivity contribution in [2.75, 3.05) is 25.6 Å². The van der Waals surface area contributed by atoms with Crippen LogP contribution in [0.2, 0.25) is 0 Å². The molecule has 104 valence electrons. The summed E-state index contributed by atoms with van der Waals surface area (Å²) < 4.78 is 5.22. The van der Waals surface area contributed by atoms with Gasteiger partial charge in [-0.3, -0.25) is 0 Å². The Bertz CT molecular complexity index is 609. The third-order valence-electron chi connectivity index (χ3n) is 4.14. The second-order valence-electron chi connectivity index (χ2n) is 5.82. The first-order valence-electron chi connectivity index (χ1n) is 6.92. The summed E-state index contributed by atoms with van der Waals surface area (Å²) in [4.78, 5) is 6.76. The van der Waals surface area contributed by atoms with Gasteiger partial charge in [0.15, 0.2) is 0 Å². The van der Waals surface area contributed by atoms with Gasteiger partial charge in [0.05, 0.1) is 7.11 Å². The Balaban J connectivity index is 1.90. The lowest BCUT2D eigenvalue weighted by Gasteiger charge is -2.25. The predicted octanol–water partition coefficient (Wildman–Crippen LogP) is 3.04. The summed E-state index contributed by atoms with van der Waals surface area (Å²) in [6.07, 6.45) is 2.88. The van der Waals surface area contributed by atoms with Crippen molar-refractivity contribution in [3.63, 3.8) is 0 Å². The molecule has 0 spiro atoms. The van der Waals surface area contributed by atoms with Crippen LogP contribution in [0.3, 0.4) is 0 Å². The van der Waals surface area contributed by atoms with E-state index in [2.05, 4.69) is 42.1 Å². The number of hydrogen-bond donors (Lipinski definition) is 0. The minimum atomic E-state index is 0.118. The summed E-state index contributed by atoms with van der Waals surface area (Å²) in [5.74, 6) is 2.02. The summed E-state index contributed by atoms with van der Waals surface area (Å²) in [5.41, 5.74) is 2.80. The lowest BCUT2D eigenvalue weighted by Crippen LogP contribution is -2.30. The van der Waals surface area contributed by atoms with Crippen LogP contribution < -0.4 is 9.64 Å². The molecule has 20 heavy (non-hydrogen) atoms. The van der Waals surface area contributed by atoms with Crippen LogP contribution in [0.4, 0.5) is 5.82 Å². The van der Waals surface area contributed by atoms with Crippen LogP contribution in [0.25, 0.3) is 0 Å². The third-order valence-corrected chi connectivity index (χ3v) is 4.14. The normalized spacial score (nSPS) is 20.9. The number of pyridine rings is 1. The second kappa shape index (κ2) is 4.82. The summed E-state index contributed by atoms with van der Waals surface area (Å²) in [6.45, 7) is 3.33. The monoisotopic (exact) mass is 268 g/mol. The largest absolute Gasteiger partial charge is 0.497 e. The van der Waals surface area contributed by atoms with E-state index < -0.39 is 0 Å². The maximum Gasteiger partial charge on any atom is 0.132 e. The number of rotatable bonds is 3. The van der Waals surface area contributed by atoms with Crippen molar-refractivity contribution in [2.24, 2.45) is 0 Å². The quantitative estimate of drug-likeness (QED) is 0.855. The van der Waals surface area contributed by atoms with Crippen molar-refractivity contribution < 1.29 is 4.74 Å². The van der Waals surface area contributed by atoms with Crippen LogP contribution in [0.1, 0.15) is 18.1 Å². The molecule has 1 aliphatic heterocycles. The molecule has 1 aromatic carbocycles. The van der Waals surface area contributed by atoms with Crippen LogP contribution in [-0.4, -0.2) is 25.7 Å². The molecule has 1 aliphatic rings. The fraction of sp³-hybridized carbons (Fsp3) is 0.353. The van der Waals surface area contributed by atoms with Crippen molar-refractivity contribution in [2.45, 2.75) is 18.8 Å². The molecule has 0 saturated carbocycles. The van der Waals surface area contributed by atoms with Gasteiger partial charge in [-0.05, 0) is 30.2 Å². The average Bonchev–Trinajstić information content (AvgIpc) is 2.72. The van der Waals surface area contributed by atoms with E-state index in [9.17, 15) is 0 Å². The summed E-state index contributed by atoms with van der Waals surface area (Å²) in [6, 6.07) is 12.6. The Morgan fingerprint density at radius 3 is 2.70 bits per heavy atom. The van der Waals surface area contributed by atoms with Crippen LogP contribution >= 0.6 is 0 Å². The molecule has 0 unspecified atom stereocenters. The summed E-state index contributed by atoms with van der Waals surface area (Å²) in [5, 5.41) is 0. The fourth-order valence-electron chi connectivity index (χ4n) is 3.20. The summed E-state index contributed by atoms with van der Waals surface area (Å²) in [7, 11) is 3.81. The van der Waals surface area contributed by atoms with Gasteiger partial charge >= 0.3 is 0 Å². The highest BCUT2D eigenvalue weighted by atomic mass is 16.5. The van der Waals surface area contributed by atoms with Crippen LogP contribution in [-0.2, 0) is 11.8 Å². The maximum absolute atomic E-state index is 5.22. The first-order chi connectivity index (χ1) is 9.62.